The van der Waals surface area contributed by atoms with E-state index in [0.29, 0.717) is 11.3 Å². The van der Waals surface area contributed by atoms with Gasteiger partial charge in [0.15, 0.2) is 11.5 Å². The van der Waals surface area contributed by atoms with Gasteiger partial charge < -0.3 is 20.3 Å². The summed E-state index contributed by atoms with van der Waals surface area (Å²) >= 11 is 0. The van der Waals surface area contributed by atoms with E-state index in [4.69, 9.17) is 0 Å². The Morgan fingerprint density at radius 1 is 1.09 bits per heavy atom. The van der Waals surface area contributed by atoms with Crippen LogP contribution in [0.1, 0.15) is 15.9 Å². The molecule has 2 aromatic carbocycles. The van der Waals surface area contributed by atoms with Crippen molar-refractivity contribution in [3.63, 3.8) is 0 Å². The predicted octanol–water partition coefficient (Wildman–Crippen LogP) is 2.07. The number of phenolic OH excluding ortho intramolecular Hbond substituents is 2. The van der Waals surface area contributed by atoms with Crippen molar-refractivity contribution in [2.75, 3.05) is 12.4 Å². The lowest BCUT2D eigenvalue weighted by atomic mass is 10.1. The first-order valence-electron chi connectivity index (χ1n) is 6.49. The van der Waals surface area contributed by atoms with Crippen LogP contribution in [-0.4, -0.2) is 29.2 Å². The van der Waals surface area contributed by atoms with Gasteiger partial charge in [-0.25, -0.2) is 4.79 Å². The van der Waals surface area contributed by atoms with E-state index in [0.717, 1.165) is 0 Å². The number of benzene rings is 2. The highest BCUT2D eigenvalue weighted by Crippen LogP contribution is 2.25. The van der Waals surface area contributed by atoms with Crippen molar-refractivity contribution in [2.45, 2.75) is 6.42 Å². The predicted molar refractivity (Wildman–Crippen MR) is 79.9 cm³/mol. The van der Waals surface area contributed by atoms with Gasteiger partial charge in [-0.05, 0) is 29.8 Å². The minimum Gasteiger partial charge on any atom is -0.504 e. The van der Waals surface area contributed by atoms with Crippen molar-refractivity contribution in [1.29, 1.82) is 0 Å². The highest BCUT2D eigenvalue weighted by Gasteiger charge is 2.13. The molecule has 0 fully saturated rings. The Bertz CT molecular complexity index is 711. The Kier molecular flexibility index (Phi) is 4.63. The van der Waals surface area contributed by atoms with Crippen molar-refractivity contribution < 1.29 is 24.5 Å². The number of hydrogen-bond acceptors (Lipinski definition) is 5. The van der Waals surface area contributed by atoms with Crippen LogP contribution in [-0.2, 0) is 16.0 Å². The third kappa shape index (κ3) is 3.54. The maximum absolute atomic E-state index is 12.0. The first kappa shape index (κ1) is 15.4. The molecule has 0 radical (unpaired) electrons. The molecule has 0 saturated heterocycles. The van der Waals surface area contributed by atoms with Gasteiger partial charge in [-0.2, -0.15) is 0 Å². The number of rotatable bonds is 4. The van der Waals surface area contributed by atoms with E-state index in [1.807, 2.05) is 0 Å². The van der Waals surface area contributed by atoms with Crippen LogP contribution in [0.15, 0.2) is 42.5 Å². The summed E-state index contributed by atoms with van der Waals surface area (Å²) in [4.78, 5) is 23.7. The summed E-state index contributed by atoms with van der Waals surface area (Å²) in [6.45, 7) is 0. The number of carbonyl (C=O) groups is 2. The Hall–Kier alpha value is -3.02. The van der Waals surface area contributed by atoms with E-state index in [1.54, 1.807) is 24.3 Å². The van der Waals surface area contributed by atoms with Gasteiger partial charge in [0.05, 0.1) is 24.8 Å². The minimum absolute atomic E-state index is 0.0106. The molecular formula is C16H15NO5. The fraction of sp³-hybridized carbons (Fsp3) is 0.125. The topological polar surface area (TPSA) is 95.9 Å². The maximum Gasteiger partial charge on any atom is 0.339 e. The standard InChI is InChI=1S/C16H15NO5/c1-22-16(21)11-4-2-3-5-12(11)17-15(20)9-10-6-7-13(18)14(19)8-10/h2-8,18-19H,9H2,1H3,(H,17,20). The summed E-state index contributed by atoms with van der Waals surface area (Å²) < 4.78 is 4.65. The number of amides is 1. The van der Waals surface area contributed by atoms with Crippen LogP contribution >= 0.6 is 0 Å². The summed E-state index contributed by atoms with van der Waals surface area (Å²) in [5.74, 6) is -1.44. The number of methoxy groups -OCH3 is 1. The quantitative estimate of drug-likeness (QED) is 0.593. The van der Waals surface area contributed by atoms with Crippen molar-refractivity contribution in [2.24, 2.45) is 0 Å². The van der Waals surface area contributed by atoms with E-state index in [-0.39, 0.29) is 29.4 Å². The number of aromatic hydroxyl groups is 2. The van der Waals surface area contributed by atoms with Gasteiger partial charge in [0.25, 0.3) is 0 Å². The zero-order valence-electron chi connectivity index (χ0n) is 11.9. The smallest absolute Gasteiger partial charge is 0.339 e. The van der Waals surface area contributed by atoms with Gasteiger partial charge in [0.1, 0.15) is 0 Å². The fourth-order valence-corrected chi connectivity index (χ4v) is 1.94. The molecule has 0 spiro atoms. The number of ether oxygens (including phenoxy) is 1. The molecule has 0 heterocycles. The average Bonchev–Trinajstić information content (AvgIpc) is 2.50. The van der Waals surface area contributed by atoms with E-state index in [2.05, 4.69) is 10.1 Å². The van der Waals surface area contributed by atoms with E-state index < -0.39 is 5.97 Å². The number of anilines is 1. The van der Waals surface area contributed by atoms with Crippen molar-refractivity contribution in [3.8, 4) is 11.5 Å². The normalized spacial score (nSPS) is 10.0. The number of esters is 1. The summed E-state index contributed by atoms with van der Waals surface area (Å²) in [5, 5.41) is 21.3. The van der Waals surface area contributed by atoms with E-state index in [1.165, 1.54) is 25.3 Å². The molecule has 0 bridgehead atoms. The highest BCUT2D eigenvalue weighted by molar-refractivity contribution is 6.01. The SMILES string of the molecule is COC(=O)c1ccccc1NC(=O)Cc1ccc(O)c(O)c1. The van der Waals surface area contributed by atoms with Crippen LogP contribution in [0.25, 0.3) is 0 Å². The number of phenols is 2. The van der Waals surface area contributed by atoms with Gasteiger partial charge >= 0.3 is 5.97 Å². The van der Waals surface area contributed by atoms with Crippen LogP contribution in [0.3, 0.4) is 0 Å². The first-order chi connectivity index (χ1) is 10.5. The third-order valence-corrected chi connectivity index (χ3v) is 3.01. The molecule has 2 aromatic rings. The first-order valence-corrected chi connectivity index (χ1v) is 6.49. The fourth-order valence-electron chi connectivity index (χ4n) is 1.94. The molecule has 2 rings (SSSR count). The van der Waals surface area contributed by atoms with E-state index in [9.17, 15) is 19.8 Å². The lowest BCUT2D eigenvalue weighted by molar-refractivity contribution is -0.115. The molecule has 22 heavy (non-hydrogen) atoms. The molecule has 0 unspecified atom stereocenters. The molecule has 0 atom stereocenters. The maximum atomic E-state index is 12.0. The molecule has 6 heteroatoms. The zero-order valence-corrected chi connectivity index (χ0v) is 11.9. The van der Waals surface area contributed by atoms with Gasteiger partial charge in [0, 0.05) is 0 Å². The largest absolute Gasteiger partial charge is 0.504 e. The van der Waals surface area contributed by atoms with Gasteiger partial charge in [-0.15, -0.1) is 0 Å². The summed E-state index contributed by atoms with van der Waals surface area (Å²) in [6.07, 6.45) is -0.0106. The summed E-state index contributed by atoms with van der Waals surface area (Å²) in [5.41, 5.74) is 1.14. The number of nitrogens with one attached hydrogen (secondary N) is 1. The summed E-state index contributed by atoms with van der Waals surface area (Å²) in [7, 11) is 1.26. The molecule has 0 saturated carbocycles. The second kappa shape index (κ2) is 6.62. The molecule has 3 N–H and O–H groups in total. The van der Waals surface area contributed by atoms with Gasteiger partial charge in [-0.3, -0.25) is 4.79 Å². The lowest BCUT2D eigenvalue weighted by Crippen LogP contribution is -2.17. The second-order valence-electron chi connectivity index (χ2n) is 4.59. The number of para-hydroxylation sites is 1. The van der Waals surface area contributed by atoms with Gasteiger partial charge in [-0.1, -0.05) is 18.2 Å². The molecule has 6 nitrogen and oxygen atoms in total. The van der Waals surface area contributed by atoms with Crippen LogP contribution in [0.5, 0.6) is 11.5 Å². The molecule has 0 aliphatic carbocycles. The highest BCUT2D eigenvalue weighted by atomic mass is 16.5. The molecule has 114 valence electrons. The minimum atomic E-state index is -0.543. The van der Waals surface area contributed by atoms with E-state index >= 15 is 0 Å². The van der Waals surface area contributed by atoms with Crippen molar-refractivity contribution in [3.05, 3.63) is 53.6 Å². The Morgan fingerprint density at radius 3 is 2.50 bits per heavy atom. The Labute approximate surface area is 127 Å². The Balaban J connectivity index is 2.12. The lowest BCUT2D eigenvalue weighted by Gasteiger charge is -2.10. The van der Waals surface area contributed by atoms with Gasteiger partial charge in [0.2, 0.25) is 5.91 Å². The second-order valence-corrected chi connectivity index (χ2v) is 4.59. The molecule has 0 aromatic heterocycles. The molecule has 1 amide bonds. The molecule has 0 aliphatic heterocycles. The molecular weight excluding hydrogens is 286 g/mol. The zero-order chi connectivity index (χ0) is 16.1. The van der Waals surface area contributed by atoms with Crippen molar-refractivity contribution >= 4 is 17.6 Å². The number of carbonyl (C=O) groups excluding carboxylic acids is 2. The van der Waals surface area contributed by atoms with Crippen LogP contribution in [0.2, 0.25) is 0 Å². The number of hydrogen-bond donors (Lipinski definition) is 3. The average molecular weight is 301 g/mol. The monoisotopic (exact) mass is 301 g/mol. The molecule has 0 aliphatic rings. The Morgan fingerprint density at radius 2 is 1.82 bits per heavy atom. The third-order valence-electron chi connectivity index (χ3n) is 3.01. The van der Waals surface area contributed by atoms with Crippen LogP contribution < -0.4 is 5.32 Å². The summed E-state index contributed by atoms with van der Waals surface area (Å²) in [6, 6.07) is 10.6. The van der Waals surface area contributed by atoms with Crippen LogP contribution in [0, 0.1) is 0 Å². The van der Waals surface area contributed by atoms with Crippen LogP contribution in [0.4, 0.5) is 5.69 Å². The van der Waals surface area contributed by atoms with Crippen molar-refractivity contribution in [1.82, 2.24) is 0 Å².